The summed E-state index contributed by atoms with van der Waals surface area (Å²) in [4.78, 5) is 12.0. The standard InChI is InChI=1S/C14H19BrO2/c1-3-13(15)10-7-11-5-8-12(9-6-11)14(16)17-4-2/h5-6,8-9,13H,3-4,7,10H2,1-2H3. The number of halogens is 1. The molecule has 0 saturated heterocycles. The van der Waals surface area contributed by atoms with E-state index >= 15 is 0 Å². The molecular weight excluding hydrogens is 280 g/mol. The number of hydrogen-bond acceptors (Lipinski definition) is 2. The fourth-order valence-electron chi connectivity index (χ4n) is 1.55. The van der Waals surface area contributed by atoms with Crippen LogP contribution >= 0.6 is 15.9 Å². The van der Waals surface area contributed by atoms with Gasteiger partial charge in [-0.05, 0) is 43.9 Å². The lowest BCUT2D eigenvalue weighted by atomic mass is 10.1. The molecule has 1 aromatic rings. The normalized spacial score (nSPS) is 12.2. The summed E-state index contributed by atoms with van der Waals surface area (Å²) in [5, 5.41) is 0. The van der Waals surface area contributed by atoms with Gasteiger partial charge in [0, 0.05) is 4.83 Å². The van der Waals surface area contributed by atoms with Crippen LogP contribution in [0.2, 0.25) is 0 Å². The number of hydrogen-bond donors (Lipinski definition) is 0. The average molecular weight is 299 g/mol. The molecule has 0 fully saturated rings. The minimum atomic E-state index is -0.244. The number of carbonyl (C=O) groups is 1. The second kappa shape index (κ2) is 7.49. The molecule has 0 aromatic heterocycles. The third-order valence-corrected chi connectivity index (χ3v) is 3.76. The van der Waals surface area contributed by atoms with E-state index in [1.165, 1.54) is 5.56 Å². The maximum atomic E-state index is 11.4. The monoisotopic (exact) mass is 298 g/mol. The van der Waals surface area contributed by atoms with E-state index in [2.05, 4.69) is 22.9 Å². The molecule has 2 nitrogen and oxygen atoms in total. The Morgan fingerprint density at radius 3 is 2.47 bits per heavy atom. The Morgan fingerprint density at radius 1 is 1.29 bits per heavy atom. The lowest BCUT2D eigenvalue weighted by Gasteiger charge is -2.07. The Bertz CT molecular complexity index is 346. The zero-order chi connectivity index (χ0) is 12.7. The van der Waals surface area contributed by atoms with Crippen molar-refractivity contribution in [2.24, 2.45) is 0 Å². The summed E-state index contributed by atoms with van der Waals surface area (Å²) in [6.07, 6.45) is 3.29. The van der Waals surface area contributed by atoms with Crippen LogP contribution in [-0.4, -0.2) is 17.4 Å². The molecular formula is C14H19BrO2. The number of alkyl halides is 1. The Kier molecular flexibility index (Phi) is 6.27. The van der Waals surface area contributed by atoms with Crippen LogP contribution in [0.15, 0.2) is 24.3 Å². The van der Waals surface area contributed by atoms with Gasteiger partial charge in [0.15, 0.2) is 0 Å². The van der Waals surface area contributed by atoms with Crippen molar-refractivity contribution in [3.63, 3.8) is 0 Å². The van der Waals surface area contributed by atoms with Gasteiger partial charge in [-0.3, -0.25) is 0 Å². The first kappa shape index (κ1) is 14.2. The zero-order valence-corrected chi connectivity index (χ0v) is 12.0. The quantitative estimate of drug-likeness (QED) is 0.587. The van der Waals surface area contributed by atoms with Crippen molar-refractivity contribution < 1.29 is 9.53 Å². The summed E-state index contributed by atoms with van der Waals surface area (Å²) in [5.41, 5.74) is 1.89. The van der Waals surface area contributed by atoms with Gasteiger partial charge in [0.1, 0.15) is 0 Å². The van der Waals surface area contributed by atoms with Gasteiger partial charge in [-0.25, -0.2) is 4.79 Å². The number of carbonyl (C=O) groups excluding carboxylic acids is 1. The Labute approximate surface area is 111 Å². The highest BCUT2D eigenvalue weighted by molar-refractivity contribution is 9.09. The number of esters is 1. The molecule has 1 rings (SSSR count). The minimum absolute atomic E-state index is 0.244. The first-order chi connectivity index (χ1) is 8.17. The summed E-state index contributed by atoms with van der Waals surface area (Å²) in [6.45, 7) is 4.40. The van der Waals surface area contributed by atoms with Gasteiger partial charge in [0.2, 0.25) is 0 Å². The van der Waals surface area contributed by atoms with E-state index in [1.807, 2.05) is 31.2 Å². The molecule has 17 heavy (non-hydrogen) atoms. The van der Waals surface area contributed by atoms with Crippen LogP contribution in [0.25, 0.3) is 0 Å². The summed E-state index contributed by atoms with van der Waals surface area (Å²) in [5.74, 6) is -0.244. The van der Waals surface area contributed by atoms with E-state index in [4.69, 9.17) is 4.74 Å². The lowest BCUT2D eigenvalue weighted by molar-refractivity contribution is 0.0526. The highest BCUT2D eigenvalue weighted by atomic mass is 79.9. The summed E-state index contributed by atoms with van der Waals surface area (Å²) >= 11 is 3.62. The molecule has 0 radical (unpaired) electrons. The van der Waals surface area contributed by atoms with Crippen molar-refractivity contribution >= 4 is 21.9 Å². The Hall–Kier alpha value is -0.830. The van der Waals surface area contributed by atoms with Gasteiger partial charge in [-0.2, -0.15) is 0 Å². The summed E-state index contributed by atoms with van der Waals surface area (Å²) in [6, 6.07) is 7.67. The van der Waals surface area contributed by atoms with Crippen molar-refractivity contribution in [2.45, 2.75) is 37.9 Å². The van der Waals surface area contributed by atoms with Crippen molar-refractivity contribution in [3.05, 3.63) is 35.4 Å². The topological polar surface area (TPSA) is 26.3 Å². The predicted octanol–water partition coefficient (Wildman–Crippen LogP) is 3.97. The summed E-state index contributed by atoms with van der Waals surface area (Å²) < 4.78 is 4.94. The first-order valence-electron chi connectivity index (χ1n) is 6.07. The number of aryl methyl sites for hydroxylation is 1. The maximum absolute atomic E-state index is 11.4. The van der Waals surface area contributed by atoms with Gasteiger partial charge in [0.25, 0.3) is 0 Å². The van der Waals surface area contributed by atoms with Crippen molar-refractivity contribution in [2.75, 3.05) is 6.61 Å². The van der Waals surface area contributed by atoms with Crippen LogP contribution in [-0.2, 0) is 11.2 Å². The van der Waals surface area contributed by atoms with Crippen LogP contribution in [0.4, 0.5) is 0 Å². The predicted molar refractivity (Wildman–Crippen MR) is 73.7 cm³/mol. The second-order valence-electron chi connectivity index (χ2n) is 3.96. The molecule has 0 aliphatic heterocycles. The van der Waals surface area contributed by atoms with Crippen molar-refractivity contribution in [1.29, 1.82) is 0 Å². The van der Waals surface area contributed by atoms with Gasteiger partial charge < -0.3 is 4.74 Å². The Balaban J connectivity index is 2.53. The third kappa shape index (κ3) is 4.90. The Morgan fingerprint density at radius 2 is 1.94 bits per heavy atom. The molecule has 0 saturated carbocycles. The van der Waals surface area contributed by atoms with Crippen LogP contribution in [0, 0.1) is 0 Å². The largest absolute Gasteiger partial charge is 0.462 e. The van der Waals surface area contributed by atoms with Gasteiger partial charge in [0.05, 0.1) is 12.2 Å². The molecule has 94 valence electrons. The molecule has 0 aliphatic carbocycles. The van der Waals surface area contributed by atoms with Crippen molar-refractivity contribution in [1.82, 2.24) is 0 Å². The fraction of sp³-hybridized carbons (Fsp3) is 0.500. The van der Waals surface area contributed by atoms with Crippen LogP contribution in [0.1, 0.15) is 42.6 Å². The second-order valence-corrected chi connectivity index (χ2v) is 5.26. The molecule has 1 unspecified atom stereocenters. The molecule has 0 spiro atoms. The zero-order valence-electron chi connectivity index (χ0n) is 10.4. The molecule has 0 aliphatic rings. The van der Waals surface area contributed by atoms with E-state index in [9.17, 15) is 4.79 Å². The smallest absolute Gasteiger partial charge is 0.338 e. The third-order valence-electron chi connectivity index (χ3n) is 2.65. The van der Waals surface area contributed by atoms with Gasteiger partial charge >= 0.3 is 5.97 Å². The van der Waals surface area contributed by atoms with E-state index in [0.29, 0.717) is 17.0 Å². The molecule has 0 bridgehead atoms. The first-order valence-corrected chi connectivity index (χ1v) is 6.99. The number of benzene rings is 1. The highest BCUT2D eigenvalue weighted by Crippen LogP contribution is 2.14. The van der Waals surface area contributed by atoms with Gasteiger partial charge in [-0.1, -0.05) is 35.0 Å². The highest BCUT2D eigenvalue weighted by Gasteiger charge is 2.06. The van der Waals surface area contributed by atoms with E-state index < -0.39 is 0 Å². The molecule has 1 atom stereocenters. The van der Waals surface area contributed by atoms with Crippen LogP contribution < -0.4 is 0 Å². The average Bonchev–Trinajstić information content (AvgIpc) is 2.36. The number of ether oxygens (including phenoxy) is 1. The molecule has 0 N–H and O–H groups in total. The lowest BCUT2D eigenvalue weighted by Crippen LogP contribution is -2.04. The van der Waals surface area contributed by atoms with Gasteiger partial charge in [-0.15, -0.1) is 0 Å². The molecule has 3 heteroatoms. The van der Waals surface area contributed by atoms with Crippen LogP contribution in [0.3, 0.4) is 0 Å². The van der Waals surface area contributed by atoms with E-state index in [0.717, 1.165) is 19.3 Å². The summed E-state index contributed by atoms with van der Waals surface area (Å²) in [7, 11) is 0. The van der Waals surface area contributed by atoms with Crippen LogP contribution in [0.5, 0.6) is 0 Å². The molecule has 1 aromatic carbocycles. The fourth-order valence-corrected chi connectivity index (χ4v) is 1.78. The molecule has 0 amide bonds. The van der Waals surface area contributed by atoms with Crippen molar-refractivity contribution in [3.8, 4) is 0 Å². The number of rotatable bonds is 6. The van der Waals surface area contributed by atoms with E-state index in [1.54, 1.807) is 0 Å². The minimum Gasteiger partial charge on any atom is -0.462 e. The SMILES string of the molecule is CCOC(=O)c1ccc(CCC(Br)CC)cc1. The van der Waals surface area contributed by atoms with E-state index in [-0.39, 0.29) is 5.97 Å². The molecule has 0 heterocycles. The maximum Gasteiger partial charge on any atom is 0.338 e.